The minimum Gasteiger partial charge on any atom is -0.378 e. The molecule has 1 heterocycles. The number of pyridine rings is 1. The third-order valence-corrected chi connectivity index (χ3v) is 3.38. The summed E-state index contributed by atoms with van der Waals surface area (Å²) >= 11 is 0. The lowest BCUT2D eigenvalue weighted by molar-refractivity contribution is -2.00. The van der Waals surface area contributed by atoms with E-state index in [0.29, 0.717) is 0 Å². The summed E-state index contributed by atoms with van der Waals surface area (Å²) in [5.74, 6) is 0. The molecule has 0 aliphatic heterocycles. The third-order valence-electron chi connectivity index (χ3n) is 3.38. The van der Waals surface area contributed by atoms with Crippen LogP contribution in [0.25, 0.3) is 12.2 Å². The molecule has 140 valence electrons. The average molecular weight is 379 g/mol. The number of hydrogen-bond acceptors (Lipinski definition) is 5. The standard InChI is InChI=1S/C19H23N2.ClHO4/c1-4-21-15-13-18(14-16-21)8-6-5-7-17-9-11-19(12-10-17)20(2)3;2-1(3,4)5/h5-16H,4H2,1-3H3;(H,2,3,4,5)/q+1;/p-1. The van der Waals surface area contributed by atoms with Crippen LogP contribution in [0.4, 0.5) is 5.69 Å². The minimum atomic E-state index is -4.94. The summed E-state index contributed by atoms with van der Waals surface area (Å²) in [7, 11) is -0.842. The molecule has 0 bridgehead atoms. The van der Waals surface area contributed by atoms with E-state index < -0.39 is 10.2 Å². The Balaban J connectivity index is 0.000000597. The maximum absolute atomic E-state index is 8.49. The van der Waals surface area contributed by atoms with Gasteiger partial charge >= 0.3 is 0 Å². The Bertz CT molecular complexity index is 700. The molecule has 0 fully saturated rings. The van der Waals surface area contributed by atoms with Gasteiger partial charge in [0.15, 0.2) is 12.4 Å². The SMILES string of the molecule is CC[n+]1ccc(C=CC=Cc2ccc(N(C)C)cc2)cc1.[O-][Cl+3]([O-])([O-])[O-]. The molecule has 0 saturated carbocycles. The van der Waals surface area contributed by atoms with Crippen LogP contribution >= 0.6 is 0 Å². The van der Waals surface area contributed by atoms with Gasteiger partial charge in [-0.1, -0.05) is 36.4 Å². The summed E-state index contributed by atoms with van der Waals surface area (Å²) in [6.07, 6.45) is 12.6. The van der Waals surface area contributed by atoms with Crippen LogP contribution in [-0.2, 0) is 6.54 Å². The molecule has 26 heavy (non-hydrogen) atoms. The first-order valence-electron chi connectivity index (χ1n) is 7.92. The van der Waals surface area contributed by atoms with Gasteiger partial charge in [0.25, 0.3) is 0 Å². The Labute approximate surface area is 156 Å². The summed E-state index contributed by atoms with van der Waals surface area (Å²) in [6, 6.07) is 12.8. The van der Waals surface area contributed by atoms with E-state index in [2.05, 4.69) is 104 Å². The lowest BCUT2D eigenvalue weighted by Gasteiger charge is -2.17. The summed E-state index contributed by atoms with van der Waals surface area (Å²) in [5.41, 5.74) is 3.64. The van der Waals surface area contributed by atoms with Crippen molar-refractivity contribution in [3.05, 3.63) is 72.1 Å². The van der Waals surface area contributed by atoms with Crippen LogP contribution in [0.1, 0.15) is 18.1 Å². The summed E-state index contributed by atoms with van der Waals surface area (Å²) in [4.78, 5) is 2.10. The van der Waals surface area contributed by atoms with Crippen LogP contribution in [0.15, 0.2) is 60.9 Å². The quantitative estimate of drug-likeness (QED) is 0.492. The van der Waals surface area contributed by atoms with Gasteiger partial charge in [0.05, 0.1) is 0 Å². The number of nitrogens with zero attached hydrogens (tertiary/aromatic N) is 2. The predicted molar refractivity (Wildman–Crippen MR) is 91.1 cm³/mol. The molecule has 0 radical (unpaired) electrons. The van der Waals surface area contributed by atoms with Gasteiger partial charge in [0.1, 0.15) is 6.54 Å². The second-order valence-corrected chi connectivity index (χ2v) is 6.30. The Morgan fingerprint density at radius 2 is 1.27 bits per heavy atom. The second-order valence-electron chi connectivity index (χ2n) is 5.54. The minimum absolute atomic E-state index is 1.01. The highest BCUT2D eigenvalue weighted by atomic mass is 35.7. The van der Waals surface area contributed by atoms with Crippen LogP contribution in [0.3, 0.4) is 0 Å². The molecule has 7 heteroatoms. The maximum Gasteiger partial charge on any atom is 0.169 e. The number of aromatic nitrogens is 1. The molecule has 2 aromatic rings. The van der Waals surface area contributed by atoms with Crippen molar-refractivity contribution in [2.45, 2.75) is 13.5 Å². The maximum atomic E-state index is 8.49. The van der Waals surface area contributed by atoms with Gasteiger partial charge in [0, 0.05) is 31.9 Å². The first-order chi connectivity index (χ1) is 12.2. The number of halogens is 1. The van der Waals surface area contributed by atoms with E-state index in [4.69, 9.17) is 18.6 Å². The molecule has 0 spiro atoms. The predicted octanol–water partition coefficient (Wildman–Crippen LogP) is -0.969. The number of benzene rings is 1. The van der Waals surface area contributed by atoms with Crippen LogP contribution < -0.4 is 28.1 Å². The zero-order valence-corrected chi connectivity index (χ0v) is 15.8. The van der Waals surface area contributed by atoms with Gasteiger partial charge in [-0.3, -0.25) is 0 Å². The van der Waals surface area contributed by atoms with Crippen LogP contribution in [-0.4, -0.2) is 14.1 Å². The van der Waals surface area contributed by atoms with Gasteiger partial charge in [-0.2, -0.15) is 0 Å². The molecular formula is C19H23ClN2O4. The van der Waals surface area contributed by atoms with Crippen molar-refractivity contribution in [1.82, 2.24) is 0 Å². The van der Waals surface area contributed by atoms with Crippen molar-refractivity contribution in [2.24, 2.45) is 0 Å². The van der Waals surface area contributed by atoms with Crippen molar-refractivity contribution in [2.75, 3.05) is 19.0 Å². The Hall–Kier alpha value is -2.22. The van der Waals surface area contributed by atoms with Crippen molar-refractivity contribution < 1.29 is 33.4 Å². The van der Waals surface area contributed by atoms with E-state index in [1.165, 1.54) is 16.8 Å². The molecule has 0 atom stereocenters. The van der Waals surface area contributed by atoms with Gasteiger partial charge in [-0.25, -0.2) is 23.2 Å². The molecule has 1 aromatic heterocycles. The van der Waals surface area contributed by atoms with Crippen LogP contribution in [0.5, 0.6) is 0 Å². The molecule has 0 aliphatic carbocycles. The normalized spacial score (nSPS) is 11.5. The molecule has 1 aromatic carbocycles. The fourth-order valence-electron chi connectivity index (χ4n) is 2.01. The largest absolute Gasteiger partial charge is 0.378 e. The van der Waals surface area contributed by atoms with E-state index in [1.54, 1.807) is 0 Å². The fraction of sp³-hybridized carbons (Fsp3) is 0.211. The monoisotopic (exact) mass is 378 g/mol. The summed E-state index contributed by atoms with van der Waals surface area (Å²) in [5, 5.41) is 0. The zero-order chi connectivity index (χ0) is 19.6. The average Bonchev–Trinajstić information content (AvgIpc) is 2.58. The Morgan fingerprint density at radius 3 is 1.65 bits per heavy atom. The van der Waals surface area contributed by atoms with Crippen LogP contribution in [0, 0.1) is 10.2 Å². The molecule has 0 saturated heterocycles. The van der Waals surface area contributed by atoms with E-state index in [1.807, 2.05) is 0 Å². The van der Waals surface area contributed by atoms with Gasteiger partial charge in [0.2, 0.25) is 0 Å². The summed E-state index contributed by atoms with van der Waals surface area (Å²) < 4.78 is 36.1. The molecule has 0 aliphatic rings. The van der Waals surface area contributed by atoms with Crippen molar-refractivity contribution in [3.8, 4) is 0 Å². The lowest BCUT2D eigenvalue weighted by Crippen LogP contribution is -2.68. The molecule has 0 N–H and O–H groups in total. The topological polar surface area (TPSA) is 99.4 Å². The van der Waals surface area contributed by atoms with E-state index in [9.17, 15) is 0 Å². The lowest BCUT2D eigenvalue weighted by atomic mass is 10.2. The molecule has 0 amide bonds. The van der Waals surface area contributed by atoms with E-state index in [0.717, 1.165) is 6.54 Å². The number of rotatable bonds is 5. The van der Waals surface area contributed by atoms with Crippen LogP contribution in [0.2, 0.25) is 0 Å². The number of allylic oxidation sites excluding steroid dienone is 2. The first kappa shape index (κ1) is 21.8. The first-order valence-corrected chi connectivity index (χ1v) is 9.15. The molecule has 6 nitrogen and oxygen atoms in total. The van der Waals surface area contributed by atoms with Crippen molar-refractivity contribution >= 4 is 17.8 Å². The smallest absolute Gasteiger partial charge is 0.169 e. The second kappa shape index (κ2) is 10.7. The highest BCUT2D eigenvalue weighted by Gasteiger charge is 1.94. The Morgan fingerprint density at radius 1 is 0.846 bits per heavy atom. The molecule has 2 rings (SSSR count). The number of hydrogen-bond donors (Lipinski definition) is 0. The van der Waals surface area contributed by atoms with E-state index in [-0.39, 0.29) is 0 Å². The fourth-order valence-corrected chi connectivity index (χ4v) is 2.01. The number of aryl methyl sites for hydroxylation is 1. The van der Waals surface area contributed by atoms with Crippen molar-refractivity contribution in [1.29, 1.82) is 0 Å². The number of anilines is 1. The van der Waals surface area contributed by atoms with Crippen molar-refractivity contribution in [3.63, 3.8) is 0 Å². The Kier molecular flexibility index (Phi) is 8.98. The highest BCUT2D eigenvalue weighted by Crippen LogP contribution is 2.13. The molecular weight excluding hydrogens is 356 g/mol. The highest BCUT2D eigenvalue weighted by molar-refractivity contribution is 5.59. The summed E-state index contributed by atoms with van der Waals surface area (Å²) in [6.45, 7) is 3.15. The zero-order valence-electron chi connectivity index (χ0n) is 15.0. The molecule has 0 unspecified atom stereocenters. The van der Waals surface area contributed by atoms with Gasteiger partial charge < -0.3 is 4.90 Å². The van der Waals surface area contributed by atoms with Gasteiger partial charge in [-0.15, -0.1) is 10.2 Å². The van der Waals surface area contributed by atoms with E-state index >= 15 is 0 Å². The van der Waals surface area contributed by atoms with Gasteiger partial charge in [-0.05, 0) is 30.2 Å². The third kappa shape index (κ3) is 9.93.